The Labute approximate surface area is 158 Å². The van der Waals surface area contributed by atoms with Gasteiger partial charge in [0, 0.05) is 10.0 Å². The molecular weight excluding hydrogens is 496 g/mol. The highest BCUT2D eigenvalue weighted by Gasteiger charge is 2.66. The highest BCUT2D eigenvalue weighted by molar-refractivity contribution is 9.11. The van der Waals surface area contributed by atoms with Crippen molar-refractivity contribution in [1.29, 1.82) is 0 Å². The Hall–Kier alpha value is -0.380. The molecule has 1 unspecified atom stereocenters. The van der Waals surface area contributed by atoms with Crippen molar-refractivity contribution in [2.24, 2.45) is 0 Å². The number of hydrogen-bond acceptors (Lipinski definition) is 5. The largest absolute Gasteiger partial charge is 0.460 e. The molecule has 0 fully saturated rings. The van der Waals surface area contributed by atoms with Gasteiger partial charge in [-0.05, 0) is 48.0 Å². The second-order valence-electron chi connectivity index (χ2n) is 4.91. The van der Waals surface area contributed by atoms with Gasteiger partial charge in [-0.15, -0.1) is 0 Å². The van der Waals surface area contributed by atoms with Crippen LogP contribution >= 0.6 is 39.5 Å². The summed E-state index contributed by atoms with van der Waals surface area (Å²) in [5.41, 5.74) is 0.171. The summed E-state index contributed by atoms with van der Waals surface area (Å²) < 4.78 is 69.3. The van der Waals surface area contributed by atoms with Crippen molar-refractivity contribution in [1.82, 2.24) is 0 Å². The third-order valence-corrected chi connectivity index (χ3v) is 6.47. The fourth-order valence-electron chi connectivity index (χ4n) is 2.22. The summed E-state index contributed by atoms with van der Waals surface area (Å²) in [7, 11) is -4.46. The van der Waals surface area contributed by atoms with Crippen molar-refractivity contribution in [3.8, 4) is 5.75 Å². The Bertz CT molecular complexity index is 743. The highest BCUT2D eigenvalue weighted by Crippen LogP contribution is 2.65. The first-order chi connectivity index (χ1) is 11.5. The zero-order valence-corrected chi connectivity index (χ0v) is 17.1. The van der Waals surface area contributed by atoms with Crippen LogP contribution in [0.25, 0.3) is 6.08 Å². The smallest absolute Gasteiger partial charge is 0.448 e. The molecule has 0 aliphatic carbocycles. The van der Waals surface area contributed by atoms with Crippen molar-refractivity contribution in [2.75, 3.05) is 13.2 Å². The Balaban J connectivity index is 2.77. The van der Waals surface area contributed by atoms with Gasteiger partial charge in [0.05, 0.1) is 17.7 Å². The van der Waals surface area contributed by atoms with E-state index in [1.54, 1.807) is 0 Å². The second kappa shape index (κ2) is 7.32. The summed E-state index contributed by atoms with van der Waals surface area (Å²) >= 11 is 6.30. The van der Waals surface area contributed by atoms with Gasteiger partial charge < -0.3 is 18.9 Å². The van der Waals surface area contributed by atoms with Crippen molar-refractivity contribution in [2.45, 2.75) is 25.8 Å². The molecule has 1 heterocycles. The van der Waals surface area contributed by atoms with E-state index in [4.69, 9.17) is 13.8 Å². The average Bonchev–Trinajstić information content (AvgIpc) is 2.47. The van der Waals surface area contributed by atoms with Gasteiger partial charge >= 0.3 is 19.6 Å². The van der Waals surface area contributed by atoms with E-state index in [9.17, 15) is 22.8 Å². The third kappa shape index (κ3) is 3.84. The van der Waals surface area contributed by atoms with Crippen LogP contribution in [0.4, 0.5) is 13.2 Å². The highest BCUT2D eigenvalue weighted by atomic mass is 79.9. The van der Waals surface area contributed by atoms with E-state index in [2.05, 4.69) is 31.9 Å². The van der Waals surface area contributed by atoms with Crippen LogP contribution in [-0.2, 0) is 13.6 Å². The molecule has 1 N–H and O–H groups in total. The van der Waals surface area contributed by atoms with Gasteiger partial charge in [0.25, 0.3) is 0 Å². The molecular formula is C14H14Br2F3O5P. The van der Waals surface area contributed by atoms with E-state index < -0.39 is 24.9 Å². The molecule has 11 heteroatoms. The number of aliphatic hydroxyl groups is 1. The molecule has 1 aromatic rings. The van der Waals surface area contributed by atoms with Crippen LogP contribution in [0.1, 0.15) is 19.4 Å². The fourth-order valence-corrected chi connectivity index (χ4v) is 5.44. The maximum atomic E-state index is 13.6. The van der Waals surface area contributed by atoms with Gasteiger partial charge in [0.15, 0.2) is 0 Å². The maximum Gasteiger partial charge on any atom is 0.460 e. The average molecular weight is 510 g/mol. The fraction of sp³-hybridized carbons (Fsp3) is 0.429. The lowest BCUT2D eigenvalue weighted by Gasteiger charge is -2.38. The first-order valence-electron chi connectivity index (χ1n) is 7.07. The van der Waals surface area contributed by atoms with Crippen LogP contribution in [0.5, 0.6) is 5.75 Å². The first kappa shape index (κ1) is 20.9. The third-order valence-electron chi connectivity index (χ3n) is 3.20. The molecule has 25 heavy (non-hydrogen) atoms. The Morgan fingerprint density at radius 2 is 1.80 bits per heavy atom. The Morgan fingerprint density at radius 3 is 2.28 bits per heavy atom. The monoisotopic (exact) mass is 508 g/mol. The number of alkyl halides is 3. The molecule has 0 spiro atoms. The molecule has 0 saturated carbocycles. The summed E-state index contributed by atoms with van der Waals surface area (Å²) in [5, 5.41) is 9.30. The van der Waals surface area contributed by atoms with Gasteiger partial charge in [-0.1, -0.05) is 15.9 Å². The molecule has 1 aliphatic heterocycles. The van der Waals surface area contributed by atoms with E-state index in [1.807, 2.05) is 0 Å². The van der Waals surface area contributed by atoms with Crippen molar-refractivity contribution in [3.05, 3.63) is 32.0 Å². The van der Waals surface area contributed by atoms with E-state index in [-0.39, 0.29) is 29.0 Å². The molecule has 140 valence electrons. The zero-order valence-electron chi connectivity index (χ0n) is 13.1. The van der Waals surface area contributed by atoms with Crippen molar-refractivity contribution < 1.29 is 36.6 Å². The standard InChI is InChI=1S/C14H14Br2F3O5P/c1-3-22-25(21,23-4-2)11-6-8-5-9(15)7-10(16)12(8)24-13(11,20)14(17,18)19/h5-7,20H,3-4H2,1-2H3. The lowest BCUT2D eigenvalue weighted by Crippen LogP contribution is -2.53. The molecule has 2 rings (SSSR count). The zero-order chi connectivity index (χ0) is 19.0. The van der Waals surface area contributed by atoms with Crippen LogP contribution in [0.3, 0.4) is 0 Å². The van der Waals surface area contributed by atoms with Crippen LogP contribution in [0.15, 0.2) is 26.4 Å². The molecule has 1 aromatic carbocycles. The van der Waals surface area contributed by atoms with Crippen LogP contribution in [-0.4, -0.2) is 30.3 Å². The lowest BCUT2D eigenvalue weighted by atomic mass is 10.1. The summed E-state index contributed by atoms with van der Waals surface area (Å²) in [6.07, 6.45) is -4.36. The van der Waals surface area contributed by atoms with Crippen LogP contribution in [0, 0.1) is 0 Å². The predicted molar refractivity (Wildman–Crippen MR) is 92.3 cm³/mol. The maximum absolute atomic E-state index is 13.6. The van der Waals surface area contributed by atoms with Gasteiger partial charge in [0.1, 0.15) is 11.1 Å². The van der Waals surface area contributed by atoms with Gasteiger partial charge in [-0.2, -0.15) is 13.2 Å². The van der Waals surface area contributed by atoms with Gasteiger partial charge in [-0.3, -0.25) is 4.57 Å². The molecule has 0 saturated heterocycles. The predicted octanol–water partition coefficient (Wildman–Crippen LogP) is 5.46. The number of rotatable bonds is 5. The van der Waals surface area contributed by atoms with E-state index in [1.165, 1.54) is 26.0 Å². The number of halogens is 5. The summed E-state index contributed by atoms with van der Waals surface area (Å²) in [5.74, 6) is -4.10. The molecule has 5 nitrogen and oxygen atoms in total. The molecule has 1 atom stereocenters. The van der Waals surface area contributed by atoms with E-state index in [0.29, 0.717) is 4.47 Å². The Kier molecular flexibility index (Phi) is 6.13. The molecule has 0 bridgehead atoms. The number of fused-ring (bicyclic) bond motifs is 1. The van der Waals surface area contributed by atoms with Crippen molar-refractivity contribution >= 4 is 45.5 Å². The lowest BCUT2D eigenvalue weighted by molar-refractivity contribution is -0.314. The number of hydrogen-bond donors (Lipinski definition) is 1. The minimum absolute atomic E-state index is 0.171. The molecule has 0 aromatic heterocycles. The number of ether oxygens (including phenoxy) is 1. The van der Waals surface area contributed by atoms with Crippen LogP contribution in [0.2, 0.25) is 0 Å². The minimum atomic E-state index is -5.28. The van der Waals surface area contributed by atoms with E-state index in [0.717, 1.165) is 6.08 Å². The SMILES string of the molecule is CCOP(=O)(OCC)C1=Cc2cc(Br)cc(Br)c2OC1(O)C(F)(F)F. The van der Waals surface area contributed by atoms with Gasteiger partial charge in [0.2, 0.25) is 0 Å². The summed E-state index contributed by atoms with van der Waals surface area (Å²) in [6, 6.07) is 2.91. The van der Waals surface area contributed by atoms with Crippen molar-refractivity contribution in [3.63, 3.8) is 0 Å². The summed E-state index contributed by atoms with van der Waals surface area (Å²) in [4.78, 5) is 0. The topological polar surface area (TPSA) is 65.0 Å². The van der Waals surface area contributed by atoms with Crippen LogP contribution < -0.4 is 4.74 Å². The number of benzene rings is 1. The second-order valence-corrected chi connectivity index (χ2v) is 8.68. The first-order valence-corrected chi connectivity index (χ1v) is 10.2. The molecule has 1 aliphatic rings. The normalized spacial score (nSPS) is 20.7. The quantitative estimate of drug-likeness (QED) is 0.534. The van der Waals surface area contributed by atoms with E-state index >= 15 is 0 Å². The van der Waals surface area contributed by atoms with Gasteiger partial charge in [-0.25, -0.2) is 0 Å². The summed E-state index contributed by atoms with van der Waals surface area (Å²) in [6.45, 7) is 2.53. The molecule has 0 radical (unpaired) electrons. The molecule has 0 amide bonds. The minimum Gasteiger partial charge on any atom is -0.448 e. The Morgan fingerprint density at radius 1 is 1.24 bits per heavy atom.